The summed E-state index contributed by atoms with van der Waals surface area (Å²) in [6.45, 7) is 2.22. The van der Waals surface area contributed by atoms with E-state index in [0.717, 1.165) is 29.0 Å². The summed E-state index contributed by atoms with van der Waals surface area (Å²) in [5, 5.41) is 0. The lowest BCUT2D eigenvalue weighted by atomic mass is 10.3. The number of rotatable bonds is 5. The molecule has 0 saturated heterocycles. The minimum atomic E-state index is -3.64. The van der Waals surface area contributed by atoms with Crippen LogP contribution in [-0.2, 0) is 16.4 Å². The lowest BCUT2D eigenvalue weighted by Gasteiger charge is -2.05. The quantitative estimate of drug-likeness (QED) is 0.779. The zero-order valence-corrected chi connectivity index (χ0v) is 13.3. The molecule has 120 valence electrons. The first-order chi connectivity index (χ1) is 10.9. The van der Waals surface area contributed by atoms with Crippen LogP contribution >= 0.6 is 0 Å². The standard InChI is InChI=1S/C16H16FN3O2S/c1-12-2-7-16-19-14(11-20(16)10-12)8-9-18-23(21,22)15-5-3-13(17)4-6-15/h2-7,10-11,18H,8-9H2,1H3. The molecule has 0 aliphatic rings. The summed E-state index contributed by atoms with van der Waals surface area (Å²) in [6, 6.07) is 8.62. The van der Waals surface area contributed by atoms with Crippen LogP contribution in [0.2, 0.25) is 0 Å². The van der Waals surface area contributed by atoms with Crippen LogP contribution < -0.4 is 4.72 Å². The van der Waals surface area contributed by atoms with Crippen LogP contribution in [0.4, 0.5) is 4.39 Å². The SMILES string of the molecule is Cc1ccc2nc(CCNS(=O)(=O)c3ccc(F)cc3)cn2c1. The van der Waals surface area contributed by atoms with E-state index in [1.165, 1.54) is 12.1 Å². The molecule has 0 bridgehead atoms. The molecular formula is C16H16FN3O2S. The molecule has 0 saturated carbocycles. The van der Waals surface area contributed by atoms with Crippen molar-refractivity contribution in [1.82, 2.24) is 14.1 Å². The molecule has 0 atom stereocenters. The lowest BCUT2D eigenvalue weighted by Crippen LogP contribution is -2.26. The number of aromatic nitrogens is 2. The van der Waals surface area contributed by atoms with E-state index in [9.17, 15) is 12.8 Å². The van der Waals surface area contributed by atoms with Gasteiger partial charge in [-0.2, -0.15) is 0 Å². The van der Waals surface area contributed by atoms with Gasteiger partial charge in [0.2, 0.25) is 10.0 Å². The molecular weight excluding hydrogens is 317 g/mol. The van der Waals surface area contributed by atoms with Gasteiger partial charge in [0, 0.05) is 25.4 Å². The maximum Gasteiger partial charge on any atom is 0.240 e. The first-order valence-corrected chi connectivity index (χ1v) is 8.62. The van der Waals surface area contributed by atoms with Gasteiger partial charge in [-0.05, 0) is 42.8 Å². The number of benzene rings is 1. The van der Waals surface area contributed by atoms with Crippen LogP contribution in [0.3, 0.4) is 0 Å². The highest BCUT2D eigenvalue weighted by atomic mass is 32.2. The second-order valence-electron chi connectivity index (χ2n) is 5.31. The highest BCUT2D eigenvalue weighted by molar-refractivity contribution is 7.89. The lowest BCUT2D eigenvalue weighted by molar-refractivity contribution is 0.580. The van der Waals surface area contributed by atoms with Crippen LogP contribution in [0.5, 0.6) is 0 Å². The normalized spacial score (nSPS) is 11.9. The predicted molar refractivity (Wildman–Crippen MR) is 85.2 cm³/mol. The number of aryl methyl sites for hydroxylation is 1. The highest BCUT2D eigenvalue weighted by Gasteiger charge is 2.13. The van der Waals surface area contributed by atoms with E-state index < -0.39 is 15.8 Å². The molecule has 0 unspecified atom stereocenters. The summed E-state index contributed by atoms with van der Waals surface area (Å²) >= 11 is 0. The third-order valence-electron chi connectivity index (χ3n) is 3.45. The Morgan fingerprint density at radius 1 is 1.13 bits per heavy atom. The van der Waals surface area contributed by atoms with E-state index in [0.29, 0.717) is 6.42 Å². The molecule has 0 spiro atoms. The third-order valence-corrected chi connectivity index (χ3v) is 4.92. The third kappa shape index (κ3) is 3.57. The average Bonchev–Trinajstić information content (AvgIpc) is 2.89. The van der Waals surface area contributed by atoms with Crippen molar-refractivity contribution in [1.29, 1.82) is 0 Å². The van der Waals surface area contributed by atoms with Crippen LogP contribution in [0.1, 0.15) is 11.3 Å². The minimum Gasteiger partial charge on any atom is -0.307 e. The van der Waals surface area contributed by atoms with Crippen molar-refractivity contribution >= 4 is 15.7 Å². The van der Waals surface area contributed by atoms with E-state index in [4.69, 9.17) is 0 Å². The second-order valence-corrected chi connectivity index (χ2v) is 7.07. The largest absolute Gasteiger partial charge is 0.307 e. The van der Waals surface area contributed by atoms with Gasteiger partial charge in [-0.1, -0.05) is 6.07 Å². The smallest absolute Gasteiger partial charge is 0.240 e. The van der Waals surface area contributed by atoms with E-state index >= 15 is 0 Å². The number of nitrogens with one attached hydrogen (secondary N) is 1. The maximum absolute atomic E-state index is 12.9. The Morgan fingerprint density at radius 3 is 2.61 bits per heavy atom. The average molecular weight is 333 g/mol. The van der Waals surface area contributed by atoms with Crippen molar-refractivity contribution in [3.63, 3.8) is 0 Å². The van der Waals surface area contributed by atoms with E-state index in [-0.39, 0.29) is 11.4 Å². The Kier molecular flexibility index (Phi) is 4.14. The molecule has 0 aliphatic heterocycles. The van der Waals surface area contributed by atoms with Crippen molar-refractivity contribution in [3.8, 4) is 0 Å². The summed E-state index contributed by atoms with van der Waals surface area (Å²) in [7, 11) is -3.64. The predicted octanol–water partition coefficient (Wildman–Crippen LogP) is 2.30. The van der Waals surface area contributed by atoms with Gasteiger partial charge in [0.25, 0.3) is 0 Å². The van der Waals surface area contributed by atoms with Crippen molar-refractivity contribution in [3.05, 3.63) is 65.9 Å². The van der Waals surface area contributed by atoms with Gasteiger partial charge in [-0.3, -0.25) is 0 Å². The van der Waals surface area contributed by atoms with Gasteiger partial charge >= 0.3 is 0 Å². The Labute approximate surface area is 133 Å². The van der Waals surface area contributed by atoms with E-state index in [2.05, 4.69) is 9.71 Å². The number of halogens is 1. The first-order valence-electron chi connectivity index (χ1n) is 7.13. The summed E-state index contributed by atoms with van der Waals surface area (Å²) in [6.07, 6.45) is 4.32. The molecule has 0 aliphatic carbocycles. The van der Waals surface area contributed by atoms with Gasteiger partial charge in [-0.25, -0.2) is 22.5 Å². The van der Waals surface area contributed by atoms with Crippen LogP contribution in [0, 0.1) is 12.7 Å². The number of nitrogens with zero attached hydrogens (tertiary/aromatic N) is 2. The molecule has 1 aromatic carbocycles. The molecule has 5 nitrogen and oxygen atoms in total. The molecule has 23 heavy (non-hydrogen) atoms. The topological polar surface area (TPSA) is 63.5 Å². The number of sulfonamides is 1. The first kappa shape index (κ1) is 15.6. The number of hydrogen-bond donors (Lipinski definition) is 1. The molecule has 0 fully saturated rings. The number of hydrogen-bond acceptors (Lipinski definition) is 3. The van der Waals surface area contributed by atoms with Crippen molar-refractivity contribution in [2.24, 2.45) is 0 Å². The van der Waals surface area contributed by atoms with Gasteiger partial charge in [0.1, 0.15) is 11.5 Å². The van der Waals surface area contributed by atoms with Gasteiger partial charge in [0.15, 0.2) is 0 Å². The van der Waals surface area contributed by atoms with Crippen molar-refractivity contribution < 1.29 is 12.8 Å². The minimum absolute atomic E-state index is 0.0459. The Morgan fingerprint density at radius 2 is 1.87 bits per heavy atom. The number of fused-ring (bicyclic) bond motifs is 1. The highest BCUT2D eigenvalue weighted by Crippen LogP contribution is 2.10. The summed E-state index contributed by atoms with van der Waals surface area (Å²) in [5.74, 6) is -0.469. The van der Waals surface area contributed by atoms with Gasteiger partial charge < -0.3 is 4.40 Å². The Hall–Kier alpha value is -2.25. The molecule has 2 heterocycles. The molecule has 0 radical (unpaired) electrons. The van der Waals surface area contributed by atoms with Crippen molar-refractivity contribution in [2.45, 2.75) is 18.2 Å². The Bertz CT molecular complexity index is 934. The van der Waals surface area contributed by atoms with Crippen LogP contribution in [-0.4, -0.2) is 24.3 Å². The van der Waals surface area contributed by atoms with E-state index in [1.807, 2.05) is 35.9 Å². The molecule has 2 aromatic heterocycles. The second kappa shape index (κ2) is 6.10. The van der Waals surface area contributed by atoms with Crippen LogP contribution in [0.15, 0.2) is 53.7 Å². The summed E-state index contributed by atoms with van der Waals surface area (Å²) in [5.41, 5.74) is 2.75. The van der Waals surface area contributed by atoms with Gasteiger partial charge in [-0.15, -0.1) is 0 Å². The number of imidazole rings is 1. The fraction of sp³-hybridized carbons (Fsp3) is 0.188. The maximum atomic E-state index is 12.9. The fourth-order valence-electron chi connectivity index (χ4n) is 2.29. The molecule has 1 N–H and O–H groups in total. The van der Waals surface area contributed by atoms with Gasteiger partial charge in [0.05, 0.1) is 10.6 Å². The molecule has 3 rings (SSSR count). The number of pyridine rings is 1. The van der Waals surface area contributed by atoms with Crippen molar-refractivity contribution in [2.75, 3.05) is 6.54 Å². The summed E-state index contributed by atoms with van der Waals surface area (Å²) < 4.78 is 41.5. The summed E-state index contributed by atoms with van der Waals surface area (Å²) in [4.78, 5) is 4.48. The molecule has 0 amide bonds. The molecule has 3 aromatic rings. The molecule has 7 heteroatoms. The fourth-order valence-corrected chi connectivity index (χ4v) is 3.32. The Balaban J connectivity index is 1.66. The van der Waals surface area contributed by atoms with E-state index in [1.54, 1.807) is 0 Å². The van der Waals surface area contributed by atoms with Crippen LogP contribution in [0.25, 0.3) is 5.65 Å². The zero-order valence-electron chi connectivity index (χ0n) is 12.5. The monoisotopic (exact) mass is 333 g/mol. The zero-order chi connectivity index (χ0) is 16.4.